The van der Waals surface area contributed by atoms with E-state index in [9.17, 15) is 14.7 Å². The second-order valence-corrected chi connectivity index (χ2v) is 6.85. The lowest BCUT2D eigenvalue weighted by Crippen LogP contribution is -2.37. The van der Waals surface area contributed by atoms with Crippen molar-refractivity contribution in [2.24, 2.45) is 0 Å². The van der Waals surface area contributed by atoms with Crippen molar-refractivity contribution < 1.29 is 19.4 Å². The molecule has 1 saturated heterocycles. The molecule has 1 aliphatic heterocycles. The highest BCUT2D eigenvalue weighted by molar-refractivity contribution is 6.15. The zero-order valence-electron chi connectivity index (χ0n) is 15.0. The van der Waals surface area contributed by atoms with Crippen molar-refractivity contribution >= 4 is 33.6 Å². The van der Waals surface area contributed by atoms with Gasteiger partial charge in [-0.3, -0.25) is 14.6 Å². The highest BCUT2D eigenvalue weighted by atomic mass is 16.5. The molecule has 1 N–H and O–H groups in total. The molecule has 2 unspecified atom stereocenters. The van der Waals surface area contributed by atoms with Crippen LogP contribution in [0.15, 0.2) is 48.7 Å². The van der Waals surface area contributed by atoms with Crippen molar-refractivity contribution in [1.82, 2.24) is 9.88 Å². The molecule has 1 aliphatic rings. The van der Waals surface area contributed by atoms with E-state index in [-0.39, 0.29) is 24.5 Å². The molecule has 6 heteroatoms. The minimum Gasteiger partial charge on any atom is -0.481 e. The van der Waals surface area contributed by atoms with Crippen molar-refractivity contribution in [3.05, 3.63) is 54.2 Å². The van der Waals surface area contributed by atoms with Gasteiger partial charge in [-0.05, 0) is 29.3 Å². The van der Waals surface area contributed by atoms with Crippen LogP contribution in [0.2, 0.25) is 0 Å². The van der Waals surface area contributed by atoms with E-state index < -0.39 is 5.97 Å². The van der Waals surface area contributed by atoms with Gasteiger partial charge in [-0.15, -0.1) is 0 Å². The summed E-state index contributed by atoms with van der Waals surface area (Å²) in [6.45, 7) is 0.383. The van der Waals surface area contributed by atoms with Gasteiger partial charge in [-0.2, -0.15) is 0 Å². The summed E-state index contributed by atoms with van der Waals surface area (Å²) in [5, 5.41) is 12.1. The lowest BCUT2D eigenvalue weighted by molar-refractivity contribution is -0.137. The third kappa shape index (κ3) is 3.13. The Morgan fingerprint density at radius 1 is 1.22 bits per heavy atom. The number of fused-ring (bicyclic) bond motifs is 3. The number of pyridine rings is 1. The Labute approximate surface area is 156 Å². The number of rotatable bonds is 4. The second kappa shape index (κ2) is 6.96. The number of carboxylic acids is 1. The molecule has 0 bridgehead atoms. The first-order valence-corrected chi connectivity index (χ1v) is 8.90. The fraction of sp³-hybridized carbons (Fsp3) is 0.286. The Morgan fingerprint density at radius 3 is 2.78 bits per heavy atom. The largest absolute Gasteiger partial charge is 0.481 e. The van der Waals surface area contributed by atoms with E-state index in [1.807, 2.05) is 42.5 Å². The van der Waals surface area contributed by atoms with E-state index >= 15 is 0 Å². The smallest absolute Gasteiger partial charge is 0.305 e. The van der Waals surface area contributed by atoms with Crippen LogP contribution in [0.5, 0.6) is 0 Å². The van der Waals surface area contributed by atoms with Gasteiger partial charge >= 0.3 is 5.97 Å². The van der Waals surface area contributed by atoms with E-state index in [0.29, 0.717) is 24.0 Å². The first-order valence-electron chi connectivity index (χ1n) is 8.90. The predicted molar refractivity (Wildman–Crippen MR) is 102 cm³/mol. The highest BCUT2D eigenvalue weighted by Gasteiger charge is 2.37. The summed E-state index contributed by atoms with van der Waals surface area (Å²) in [7, 11) is 1.59. The number of aromatic nitrogens is 1. The average Bonchev–Trinajstić information content (AvgIpc) is 3.09. The van der Waals surface area contributed by atoms with Crippen molar-refractivity contribution in [2.45, 2.75) is 25.0 Å². The number of likely N-dealkylation sites (tertiary alicyclic amines) is 1. The Kier molecular flexibility index (Phi) is 4.49. The molecule has 0 saturated carbocycles. The third-order valence-corrected chi connectivity index (χ3v) is 5.22. The molecule has 3 aromatic rings. The van der Waals surface area contributed by atoms with Crippen LogP contribution in [0.3, 0.4) is 0 Å². The Bertz CT molecular complexity index is 1030. The number of carboxylic acid groups (broad SMARTS) is 1. The van der Waals surface area contributed by atoms with Crippen LogP contribution in [0.1, 0.15) is 23.2 Å². The lowest BCUT2D eigenvalue weighted by atomic mass is 9.99. The van der Waals surface area contributed by atoms with Gasteiger partial charge in [-0.25, -0.2) is 0 Å². The van der Waals surface area contributed by atoms with Crippen molar-refractivity contribution in [3.8, 4) is 0 Å². The van der Waals surface area contributed by atoms with Crippen molar-refractivity contribution in [3.63, 3.8) is 0 Å². The van der Waals surface area contributed by atoms with Crippen molar-refractivity contribution in [1.29, 1.82) is 0 Å². The SMILES string of the molecule is COC1CC(CC(=O)O)N(C(=O)c2cc3ccccc3c3cccnc23)C1. The van der Waals surface area contributed by atoms with E-state index in [1.165, 1.54) is 0 Å². The van der Waals surface area contributed by atoms with Crippen LogP contribution in [0, 0.1) is 0 Å². The van der Waals surface area contributed by atoms with Gasteiger partial charge in [0.2, 0.25) is 0 Å². The molecule has 2 aromatic carbocycles. The summed E-state index contributed by atoms with van der Waals surface area (Å²) >= 11 is 0. The number of hydrogen-bond acceptors (Lipinski definition) is 4. The van der Waals surface area contributed by atoms with E-state index in [2.05, 4.69) is 4.98 Å². The molecule has 0 aliphatic carbocycles. The molecule has 6 nitrogen and oxygen atoms in total. The fourth-order valence-corrected chi connectivity index (χ4v) is 3.94. The first-order chi connectivity index (χ1) is 13.1. The molecule has 1 aromatic heterocycles. The van der Waals surface area contributed by atoms with Gasteiger partial charge in [0.05, 0.1) is 23.6 Å². The zero-order valence-corrected chi connectivity index (χ0v) is 15.0. The van der Waals surface area contributed by atoms with Gasteiger partial charge in [0.15, 0.2) is 0 Å². The predicted octanol–water partition coefficient (Wildman–Crippen LogP) is 3.09. The highest BCUT2D eigenvalue weighted by Crippen LogP contribution is 2.31. The maximum atomic E-state index is 13.4. The number of benzene rings is 2. The van der Waals surface area contributed by atoms with Gasteiger partial charge in [-0.1, -0.05) is 30.3 Å². The summed E-state index contributed by atoms with van der Waals surface area (Å²) in [6, 6.07) is 13.2. The summed E-state index contributed by atoms with van der Waals surface area (Å²) < 4.78 is 5.39. The number of ether oxygens (including phenoxy) is 1. The Balaban J connectivity index is 1.82. The summed E-state index contributed by atoms with van der Waals surface area (Å²) in [5.74, 6) is -1.12. The van der Waals surface area contributed by atoms with Crippen LogP contribution in [-0.4, -0.2) is 52.7 Å². The van der Waals surface area contributed by atoms with E-state index in [0.717, 1.165) is 16.2 Å². The standard InChI is InChI=1S/C21H20N2O4/c1-27-15-10-14(11-19(24)25)23(12-15)21(26)18-9-13-5-2-3-6-16(13)17-7-4-8-22-20(17)18/h2-9,14-15H,10-12H2,1H3,(H,24,25). The molecule has 27 heavy (non-hydrogen) atoms. The molecule has 4 rings (SSSR count). The van der Waals surface area contributed by atoms with Crippen LogP contribution in [0.25, 0.3) is 21.7 Å². The van der Waals surface area contributed by atoms with Crippen LogP contribution in [0.4, 0.5) is 0 Å². The van der Waals surface area contributed by atoms with E-state index in [4.69, 9.17) is 4.74 Å². The zero-order chi connectivity index (χ0) is 19.0. The molecule has 0 spiro atoms. The normalized spacial score (nSPS) is 19.7. The van der Waals surface area contributed by atoms with Crippen LogP contribution < -0.4 is 0 Å². The minimum atomic E-state index is -0.920. The van der Waals surface area contributed by atoms with Crippen LogP contribution >= 0.6 is 0 Å². The number of carbonyl (C=O) groups is 2. The maximum Gasteiger partial charge on any atom is 0.305 e. The summed E-state index contributed by atoms with van der Waals surface area (Å²) in [4.78, 5) is 30.7. The minimum absolute atomic E-state index is 0.0927. The molecule has 1 amide bonds. The quantitative estimate of drug-likeness (QED) is 0.720. The van der Waals surface area contributed by atoms with Gasteiger partial charge in [0.25, 0.3) is 5.91 Å². The Morgan fingerprint density at radius 2 is 2.00 bits per heavy atom. The lowest BCUT2D eigenvalue weighted by Gasteiger charge is -2.24. The monoisotopic (exact) mass is 364 g/mol. The number of methoxy groups -OCH3 is 1. The number of aliphatic carboxylic acids is 1. The first kappa shape index (κ1) is 17.4. The van der Waals surface area contributed by atoms with E-state index in [1.54, 1.807) is 18.2 Å². The number of carbonyl (C=O) groups excluding carboxylic acids is 1. The van der Waals surface area contributed by atoms with Crippen LogP contribution in [-0.2, 0) is 9.53 Å². The summed E-state index contributed by atoms with van der Waals surface area (Å²) in [6.07, 6.45) is 1.95. The van der Waals surface area contributed by atoms with Gasteiger partial charge < -0.3 is 14.7 Å². The third-order valence-electron chi connectivity index (χ3n) is 5.22. The molecule has 2 heterocycles. The topological polar surface area (TPSA) is 79.7 Å². The molecular formula is C21H20N2O4. The molecule has 138 valence electrons. The number of nitrogens with zero attached hydrogens (tertiary/aromatic N) is 2. The summed E-state index contributed by atoms with van der Waals surface area (Å²) in [5.41, 5.74) is 1.13. The molecule has 0 radical (unpaired) electrons. The maximum absolute atomic E-state index is 13.4. The number of hydrogen-bond donors (Lipinski definition) is 1. The Hall–Kier alpha value is -2.99. The average molecular weight is 364 g/mol. The number of amides is 1. The van der Waals surface area contributed by atoms with Crippen molar-refractivity contribution in [2.75, 3.05) is 13.7 Å². The van der Waals surface area contributed by atoms with Gasteiger partial charge in [0.1, 0.15) is 0 Å². The molecular weight excluding hydrogens is 344 g/mol. The van der Waals surface area contributed by atoms with Gasteiger partial charge in [0, 0.05) is 31.3 Å². The fourth-order valence-electron chi connectivity index (χ4n) is 3.94. The molecule has 1 fully saturated rings. The second-order valence-electron chi connectivity index (χ2n) is 6.85. The molecule has 2 atom stereocenters.